The van der Waals surface area contributed by atoms with Gasteiger partial charge in [-0.3, -0.25) is 4.79 Å². The molecule has 0 fully saturated rings. The van der Waals surface area contributed by atoms with Crippen LogP contribution >= 0.6 is 11.6 Å². The minimum atomic E-state index is -1.31. The van der Waals surface area contributed by atoms with Gasteiger partial charge in [-0.15, -0.1) is 0 Å². The molecule has 2 atom stereocenters. The number of benzene rings is 1. The molecule has 0 spiro atoms. The van der Waals surface area contributed by atoms with Crippen LogP contribution in [0.1, 0.15) is 18.1 Å². The first-order valence-corrected chi connectivity index (χ1v) is 4.92. The van der Waals surface area contributed by atoms with Gasteiger partial charge in [-0.05, 0) is 17.7 Å². The van der Waals surface area contributed by atoms with Crippen molar-refractivity contribution in [1.82, 2.24) is 0 Å². The van der Waals surface area contributed by atoms with E-state index in [-0.39, 0.29) is 22.8 Å². The molecule has 0 bridgehead atoms. The summed E-state index contributed by atoms with van der Waals surface area (Å²) in [6.45, 7) is 0. The summed E-state index contributed by atoms with van der Waals surface area (Å²) >= 11 is 5.58. The van der Waals surface area contributed by atoms with Crippen LogP contribution in [0.2, 0.25) is 5.02 Å². The van der Waals surface area contributed by atoms with Crippen LogP contribution in [0.5, 0.6) is 5.75 Å². The maximum Gasteiger partial charge on any atom is 0.220 e. The number of phenolic OH excluding ortho intramolecular Hbond substituents is 1. The number of rotatable bonds is 4. The van der Waals surface area contributed by atoms with Gasteiger partial charge in [0.25, 0.3) is 0 Å². The lowest BCUT2D eigenvalue weighted by molar-refractivity contribution is -0.121. The number of nitrogens with two attached hydrogens (primary N) is 1. The highest BCUT2D eigenvalue weighted by atomic mass is 35.5. The Labute approximate surface area is 97.1 Å². The lowest BCUT2D eigenvalue weighted by Crippen LogP contribution is -2.25. The Morgan fingerprint density at radius 1 is 1.44 bits per heavy atom. The molecule has 16 heavy (non-hydrogen) atoms. The van der Waals surface area contributed by atoms with Crippen LogP contribution in [0.3, 0.4) is 0 Å². The van der Waals surface area contributed by atoms with Crippen molar-refractivity contribution < 1.29 is 20.1 Å². The topological polar surface area (TPSA) is 104 Å². The number of amides is 1. The SMILES string of the molecule is NC(=O)CC(O)C(O)c1ccc(Cl)c(O)c1. The second-order valence-corrected chi connectivity index (χ2v) is 3.80. The monoisotopic (exact) mass is 245 g/mol. The van der Waals surface area contributed by atoms with E-state index in [1.165, 1.54) is 18.2 Å². The minimum absolute atomic E-state index is 0.139. The van der Waals surface area contributed by atoms with Crippen molar-refractivity contribution in [2.24, 2.45) is 5.73 Å². The summed E-state index contributed by atoms with van der Waals surface area (Å²) in [5.74, 6) is -0.922. The molecule has 1 amide bonds. The highest BCUT2D eigenvalue weighted by molar-refractivity contribution is 6.32. The molecule has 1 aromatic rings. The first-order valence-electron chi connectivity index (χ1n) is 4.54. The fourth-order valence-corrected chi connectivity index (χ4v) is 1.37. The molecule has 0 aliphatic rings. The average Bonchev–Trinajstić information content (AvgIpc) is 2.20. The molecule has 1 aromatic carbocycles. The first-order chi connectivity index (χ1) is 7.41. The zero-order chi connectivity index (χ0) is 12.3. The van der Waals surface area contributed by atoms with Gasteiger partial charge in [-0.25, -0.2) is 0 Å². The highest BCUT2D eigenvalue weighted by Crippen LogP contribution is 2.28. The Morgan fingerprint density at radius 2 is 2.06 bits per heavy atom. The highest BCUT2D eigenvalue weighted by Gasteiger charge is 2.20. The molecule has 88 valence electrons. The third-order valence-electron chi connectivity index (χ3n) is 2.09. The van der Waals surface area contributed by atoms with E-state index in [1.54, 1.807) is 0 Å². The molecule has 0 aliphatic heterocycles. The number of aliphatic hydroxyl groups is 2. The lowest BCUT2D eigenvalue weighted by atomic mass is 10.0. The van der Waals surface area contributed by atoms with Crippen molar-refractivity contribution in [3.8, 4) is 5.75 Å². The number of phenols is 1. The fourth-order valence-electron chi connectivity index (χ4n) is 1.25. The maximum absolute atomic E-state index is 10.5. The van der Waals surface area contributed by atoms with Crippen molar-refractivity contribution in [2.45, 2.75) is 18.6 Å². The third kappa shape index (κ3) is 3.10. The predicted molar refractivity (Wildman–Crippen MR) is 57.9 cm³/mol. The van der Waals surface area contributed by atoms with E-state index in [4.69, 9.17) is 17.3 Å². The summed E-state index contributed by atoms with van der Waals surface area (Å²) in [4.78, 5) is 10.5. The second-order valence-electron chi connectivity index (χ2n) is 3.39. The van der Waals surface area contributed by atoms with Crippen LogP contribution in [0.25, 0.3) is 0 Å². The predicted octanol–water partition coefficient (Wildman–Crippen LogP) is 0.315. The summed E-state index contributed by atoms with van der Waals surface area (Å²) in [6.07, 6.45) is -2.96. The van der Waals surface area contributed by atoms with Crippen molar-refractivity contribution >= 4 is 17.5 Å². The van der Waals surface area contributed by atoms with E-state index in [1.807, 2.05) is 0 Å². The van der Waals surface area contributed by atoms with Gasteiger partial charge in [0.15, 0.2) is 0 Å². The molecule has 6 heteroatoms. The molecule has 0 aliphatic carbocycles. The molecular weight excluding hydrogens is 234 g/mol. The Kier molecular flexibility index (Phi) is 4.12. The molecule has 0 saturated heterocycles. The zero-order valence-electron chi connectivity index (χ0n) is 8.30. The molecule has 5 N–H and O–H groups in total. The van der Waals surface area contributed by atoms with Gasteiger partial charge < -0.3 is 21.1 Å². The van der Waals surface area contributed by atoms with Crippen LogP contribution in [0, 0.1) is 0 Å². The summed E-state index contributed by atoms with van der Waals surface area (Å²) in [7, 11) is 0. The Bertz CT molecular complexity index is 396. The number of primary amides is 1. The molecule has 0 saturated carbocycles. The molecule has 1 rings (SSSR count). The second kappa shape index (κ2) is 5.16. The van der Waals surface area contributed by atoms with Crippen LogP contribution < -0.4 is 5.73 Å². The van der Waals surface area contributed by atoms with E-state index in [2.05, 4.69) is 0 Å². The quantitative estimate of drug-likeness (QED) is 0.613. The number of hydrogen-bond acceptors (Lipinski definition) is 4. The molecule has 0 heterocycles. The van der Waals surface area contributed by atoms with E-state index in [0.717, 1.165) is 0 Å². The molecule has 5 nitrogen and oxygen atoms in total. The van der Waals surface area contributed by atoms with E-state index in [9.17, 15) is 20.1 Å². The van der Waals surface area contributed by atoms with Crippen molar-refractivity contribution in [2.75, 3.05) is 0 Å². The van der Waals surface area contributed by atoms with Crippen molar-refractivity contribution in [1.29, 1.82) is 0 Å². The Hall–Kier alpha value is -1.30. The van der Waals surface area contributed by atoms with E-state index < -0.39 is 18.1 Å². The number of carbonyl (C=O) groups excluding carboxylic acids is 1. The smallest absolute Gasteiger partial charge is 0.220 e. The van der Waals surface area contributed by atoms with Gasteiger partial charge in [0.1, 0.15) is 11.9 Å². The van der Waals surface area contributed by atoms with Gasteiger partial charge in [0, 0.05) is 0 Å². The number of hydrogen-bond donors (Lipinski definition) is 4. The van der Waals surface area contributed by atoms with Gasteiger partial charge in [0.05, 0.1) is 17.5 Å². The van der Waals surface area contributed by atoms with Crippen LogP contribution in [-0.4, -0.2) is 27.3 Å². The van der Waals surface area contributed by atoms with E-state index in [0.29, 0.717) is 0 Å². The summed E-state index contributed by atoms with van der Waals surface area (Å²) < 4.78 is 0. The zero-order valence-corrected chi connectivity index (χ0v) is 9.05. The summed E-state index contributed by atoms with van der Waals surface area (Å²) in [6, 6.07) is 4.04. The number of carbonyl (C=O) groups is 1. The number of halogens is 1. The van der Waals surface area contributed by atoms with Crippen LogP contribution in [-0.2, 0) is 4.79 Å². The fraction of sp³-hybridized carbons (Fsp3) is 0.300. The normalized spacial score (nSPS) is 14.4. The van der Waals surface area contributed by atoms with Crippen molar-refractivity contribution in [3.63, 3.8) is 0 Å². The van der Waals surface area contributed by atoms with Gasteiger partial charge in [-0.2, -0.15) is 0 Å². The standard InChI is InChI=1S/C10H12ClNO4/c11-6-2-1-5(3-7(6)13)10(16)8(14)4-9(12)15/h1-3,8,10,13-14,16H,4H2,(H2,12,15). The molecule has 2 unspecified atom stereocenters. The van der Waals surface area contributed by atoms with Crippen LogP contribution in [0.4, 0.5) is 0 Å². The Balaban J connectivity index is 2.83. The average molecular weight is 246 g/mol. The van der Waals surface area contributed by atoms with E-state index >= 15 is 0 Å². The molecule has 0 aromatic heterocycles. The van der Waals surface area contributed by atoms with Gasteiger partial charge in [0.2, 0.25) is 5.91 Å². The first kappa shape index (κ1) is 12.8. The minimum Gasteiger partial charge on any atom is -0.506 e. The van der Waals surface area contributed by atoms with Gasteiger partial charge in [-0.1, -0.05) is 17.7 Å². The molecular formula is C10H12ClNO4. The Morgan fingerprint density at radius 3 is 2.56 bits per heavy atom. The van der Waals surface area contributed by atoms with Crippen molar-refractivity contribution in [3.05, 3.63) is 28.8 Å². The summed E-state index contributed by atoms with van der Waals surface area (Å²) in [5.41, 5.74) is 5.14. The molecule has 0 radical (unpaired) electrons. The third-order valence-corrected chi connectivity index (χ3v) is 2.41. The number of aromatic hydroxyl groups is 1. The summed E-state index contributed by atoms with van der Waals surface area (Å²) in [5, 5.41) is 28.5. The lowest BCUT2D eigenvalue weighted by Gasteiger charge is -2.17. The largest absolute Gasteiger partial charge is 0.506 e. The maximum atomic E-state index is 10.5. The number of aliphatic hydroxyl groups excluding tert-OH is 2. The van der Waals surface area contributed by atoms with Crippen LogP contribution in [0.15, 0.2) is 18.2 Å². The van der Waals surface area contributed by atoms with Gasteiger partial charge >= 0.3 is 0 Å².